The van der Waals surface area contributed by atoms with Crippen molar-refractivity contribution >= 4 is 17.3 Å². The number of nitrogens with one attached hydrogen (secondary N) is 1. The van der Waals surface area contributed by atoms with E-state index in [-0.39, 0.29) is 30.1 Å². The van der Waals surface area contributed by atoms with Gasteiger partial charge in [0.2, 0.25) is 5.91 Å². The Kier molecular flexibility index (Phi) is 6.14. The molecule has 0 saturated carbocycles. The van der Waals surface area contributed by atoms with E-state index in [2.05, 4.69) is 24.1 Å². The van der Waals surface area contributed by atoms with Crippen LogP contribution >= 0.6 is 0 Å². The molecule has 0 aromatic heterocycles. The van der Waals surface area contributed by atoms with Crippen LogP contribution in [0.25, 0.3) is 0 Å². The number of benzene rings is 2. The Morgan fingerprint density at radius 3 is 2.33 bits per heavy atom. The number of anilines is 2. The first-order valence-corrected chi connectivity index (χ1v) is 9.56. The molecule has 0 bridgehead atoms. The van der Waals surface area contributed by atoms with Crippen LogP contribution in [0.4, 0.5) is 11.4 Å². The van der Waals surface area contributed by atoms with Gasteiger partial charge in [0.25, 0.3) is 0 Å². The van der Waals surface area contributed by atoms with E-state index < -0.39 is 0 Å². The summed E-state index contributed by atoms with van der Waals surface area (Å²) in [5.41, 5.74) is 9.12. The Morgan fingerprint density at radius 2 is 1.67 bits per heavy atom. The molecule has 4 unspecified atom stereocenters. The van der Waals surface area contributed by atoms with Crippen LogP contribution in [0.5, 0.6) is 0 Å². The largest absolute Gasteiger partial charge is 0.372 e. The molecule has 1 fully saturated rings. The number of nitrogens with two attached hydrogens (primary N) is 1. The molecular weight excluding hydrogens is 338 g/mol. The van der Waals surface area contributed by atoms with Crippen molar-refractivity contribution in [3.63, 3.8) is 0 Å². The summed E-state index contributed by atoms with van der Waals surface area (Å²) < 4.78 is 5.83. The standard InChI is InChI=1S/C22H29N3O2/c1-15-13-25(14-16(2)27-15)20-12-8-7-11-19(20)24-22(26)17(3)21(23)18-9-5-4-6-10-18/h4-12,15-17,21H,13-14,23H2,1-3H3,(H,24,26). The zero-order valence-electron chi connectivity index (χ0n) is 16.3. The third-order valence-corrected chi connectivity index (χ3v) is 5.06. The van der Waals surface area contributed by atoms with Crippen molar-refractivity contribution < 1.29 is 9.53 Å². The number of carbonyl (C=O) groups is 1. The van der Waals surface area contributed by atoms with Crippen molar-refractivity contribution in [2.45, 2.75) is 39.0 Å². The molecule has 27 heavy (non-hydrogen) atoms. The summed E-state index contributed by atoms with van der Waals surface area (Å²) in [7, 11) is 0. The van der Waals surface area contributed by atoms with Crippen LogP contribution in [-0.4, -0.2) is 31.2 Å². The summed E-state index contributed by atoms with van der Waals surface area (Å²) in [4.78, 5) is 15.1. The smallest absolute Gasteiger partial charge is 0.229 e. The quantitative estimate of drug-likeness (QED) is 0.848. The zero-order chi connectivity index (χ0) is 19.4. The van der Waals surface area contributed by atoms with Crippen LogP contribution in [-0.2, 0) is 9.53 Å². The predicted molar refractivity (Wildman–Crippen MR) is 110 cm³/mol. The van der Waals surface area contributed by atoms with Gasteiger partial charge in [-0.05, 0) is 31.5 Å². The summed E-state index contributed by atoms with van der Waals surface area (Å²) in [6.45, 7) is 7.62. The molecule has 1 aliphatic rings. The number of rotatable bonds is 5. The van der Waals surface area contributed by atoms with Gasteiger partial charge < -0.3 is 20.7 Å². The topological polar surface area (TPSA) is 67.6 Å². The van der Waals surface area contributed by atoms with Gasteiger partial charge in [-0.2, -0.15) is 0 Å². The Bertz CT molecular complexity index is 755. The monoisotopic (exact) mass is 367 g/mol. The van der Waals surface area contributed by atoms with Crippen LogP contribution in [0.15, 0.2) is 54.6 Å². The van der Waals surface area contributed by atoms with Gasteiger partial charge in [-0.1, -0.05) is 49.4 Å². The summed E-state index contributed by atoms with van der Waals surface area (Å²) >= 11 is 0. The van der Waals surface area contributed by atoms with E-state index in [1.165, 1.54) is 0 Å². The van der Waals surface area contributed by atoms with E-state index >= 15 is 0 Å². The summed E-state index contributed by atoms with van der Waals surface area (Å²) in [6, 6.07) is 17.3. The molecule has 3 rings (SSSR count). The maximum Gasteiger partial charge on any atom is 0.229 e. The second-order valence-corrected chi connectivity index (χ2v) is 7.39. The SMILES string of the molecule is CC1CN(c2ccccc2NC(=O)C(C)C(N)c2ccccc2)CC(C)O1. The molecular formula is C22H29N3O2. The van der Waals surface area contributed by atoms with Gasteiger partial charge in [-0.3, -0.25) is 4.79 Å². The van der Waals surface area contributed by atoms with Gasteiger partial charge in [0.05, 0.1) is 29.5 Å². The van der Waals surface area contributed by atoms with Gasteiger partial charge in [-0.25, -0.2) is 0 Å². The fourth-order valence-electron chi connectivity index (χ4n) is 3.60. The number of ether oxygens (including phenoxy) is 1. The van der Waals surface area contributed by atoms with Crippen LogP contribution in [0.1, 0.15) is 32.4 Å². The molecule has 2 aromatic rings. The highest BCUT2D eigenvalue weighted by Crippen LogP contribution is 2.30. The lowest BCUT2D eigenvalue weighted by atomic mass is 9.94. The van der Waals surface area contributed by atoms with E-state index in [1.807, 2.05) is 61.5 Å². The van der Waals surface area contributed by atoms with Gasteiger partial charge in [0.15, 0.2) is 0 Å². The van der Waals surface area contributed by atoms with E-state index in [0.717, 1.165) is 30.0 Å². The van der Waals surface area contributed by atoms with Crippen LogP contribution in [0, 0.1) is 5.92 Å². The van der Waals surface area contributed by atoms with Gasteiger partial charge >= 0.3 is 0 Å². The molecule has 1 saturated heterocycles. The number of morpholine rings is 1. The number of carbonyl (C=O) groups excluding carboxylic acids is 1. The molecule has 5 heteroatoms. The third-order valence-electron chi connectivity index (χ3n) is 5.06. The highest BCUT2D eigenvalue weighted by Gasteiger charge is 2.26. The normalized spacial score (nSPS) is 22.1. The molecule has 4 atom stereocenters. The molecule has 1 heterocycles. The highest BCUT2D eigenvalue weighted by molar-refractivity contribution is 5.96. The molecule has 2 aromatic carbocycles. The van der Waals surface area contributed by atoms with E-state index in [4.69, 9.17) is 10.5 Å². The minimum Gasteiger partial charge on any atom is -0.372 e. The van der Waals surface area contributed by atoms with Gasteiger partial charge in [-0.15, -0.1) is 0 Å². The molecule has 5 nitrogen and oxygen atoms in total. The number of hydrogen-bond donors (Lipinski definition) is 2. The number of amides is 1. The minimum absolute atomic E-state index is 0.0758. The summed E-state index contributed by atoms with van der Waals surface area (Å²) in [5.74, 6) is -0.420. The first kappa shape index (κ1) is 19.4. The fraction of sp³-hybridized carbons (Fsp3) is 0.409. The van der Waals surface area contributed by atoms with E-state index in [9.17, 15) is 4.79 Å². The van der Waals surface area contributed by atoms with Crippen LogP contribution in [0.2, 0.25) is 0 Å². The average Bonchev–Trinajstić information content (AvgIpc) is 2.67. The van der Waals surface area contributed by atoms with Gasteiger partial charge in [0.1, 0.15) is 0 Å². The Morgan fingerprint density at radius 1 is 1.07 bits per heavy atom. The number of para-hydroxylation sites is 2. The molecule has 1 amide bonds. The Balaban J connectivity index is 1.74. The zero-order valence-corrected chi connectivity index (χ0v) is 16.3. The van der Waals surface area contributed by atoms with Crippen molar-refractivity contribution in [2.24, 2.45) is 11.7 Å². The molecule has 0 spiro atoms. The Labute approximate surface area is 161 Å². The van der Waals surface area contributed by atoms with Crippen molar-refractivity contribution in [2.75, 3.05) is 23.3 Å². The summed E-state index contributed by atoms with van der Waals surface area (Å²) in [6.07, 6.45) is 0.311. The maximum atomic E-state index is 12.9. The molecule has 0 radical (unpaired) electrons. The third kappa shape index (κ3) is 4.67. The average molecular weight is 367 g/mol. The first-order chi connectivity index (χ1) is 13.0. The second-order valence-electron chi connectivity index (χ2n) is 7.39. The van der Waals surface area contributed by atoms with Crippen molar-refractivity contribution in [3.8, 4) is 0 Å². The lowest BCUT2D eigenvalue weighted by Gasteiger charge is -2.37. The maximum absolute atomic E-state index is 12.9. The fourth-order valence-corrected chi connectivity index (χ4v) is 3.60. The lowest BCUT2D eigenvalue weighted by molar-refractivity contribution is -0.120. The number of nitrogens with zero attached hydrogens (tertiary/aromatic N) is 1. The molecule has 1 aliphatic heterocycles. The molecule has 144 valence electrons. The summed E-state index contributed by atoms with van der Waals surface area (Å²) in [5, 5.41) is 3.09. The number of hydrogen-bond acceptors (Lipinski definition) is 4. The first-order valence-electron chi connectivity index (χ1n) is 9.56. The minimum atomic E-state index is -0.346. The molecule has 3 N–H and O–H groups in total. The van der Waals surface area contributed by atoms with Crippen molar-refractivity contribution in [3.05, 3.63) is 60.2 Å². The van der Waals surface area contributed by atoms with Gasteiger partial charge in [0, 0.05) is 19.1 Å². The second kappa shape index (κ2) is 8.55. The van der Waals surface area contributed by atoms with E-state index in [0.29, 0.717) is 0 Å². The van der Waals surface area contributed by atoms with Crippen LogP contribution in [0.3, 0.4) is 0 Å². The Hall–Kier alpha value is -2.37. The molecule has 0 aliphatic carbocycles. The van der Waals surface area contributed by atoms with Crippen molar-refractivity contribution in [1.82, 2.24) is 0 Å². The lowest BCUT2D eigenvalue weighted by Crippen LogP contribution is -2.45. The van der Waals surface area contributed by atoms with Crippen molar-refractivity contribution in [1.29, 1.82) is 0 Å². The predicted octanol–water partition coefficient (Wildman–Crippen LogP) is 3.57. The van der Waals surface area contributed by atoms with Crippen LogP contribution < -0.4 is 16.0 Å². The van der Waals surface area contributed by atoms with E-state index in [1.54, 1.807) is 0 Å². The highest BCUT2D eigenvalue weighted by atomic mass is 16.5.